The first-order valence-electron chi connectivity index (χ1n) is 9.05. The monoisotopic (exact) mass is 435 g/mol. The number of nitrogens with one attached hydrogen (secondary N) is 2. The van der Waals surface area contributed by atoms with Crippen LogP contribution in [0.25, 0.3) is 0 Å². The van der Waals surface area contributed by atoms with Gasteiger partial charge in [0.1, 0.15) is 0 Å². The fraction of sp³-hybridized carbons (Fsp3) is 0.611. The van der Waals surface area contributed by atoms with Crippen molar-refractivity contribution >= 4 is 28.3 Å². The molecule has 1 amide bonds. The maximum Gasteiger partial charge on any atom is 0.240 e. The molecule has 160 valence electrons. The Labute approximate surface area is 173 Å². The van der Waals surface area contributed by atoms with Gasteiger partial charge in [0.05, 0.1) is 19.1 Å². The van der Waals surface area contributed by atoms with E-state index in [0.717, 1.165) is 32.5 Å². The van der Waals surface area contributed by atoms with Crippen molar-refractivity contribution in [3.8, 4) is 11.5 Å². The zero-order valence-electron chi connectivity index (χ0n) is 16.6. The molecule has 1 unspecified atom stereocenters. The van der Waals surface area contributed by atoms with Crippen LogP contribution in [0.1, 0.15) is 19.3 Å². The van der Waals surface area contributed by atoms with E-state index in [2.05, 4.69) is 10.0 Å². The highest BCUT2D eigenvalue weighted by Gasteiger charge is 2.23. The quantitative estimate of drug-likeness (QED) is 0.606. The molecule has 2 rings (SSSR count). The topological polar surface area (TPSA) is 97.0 Å². The molecule has 2 N–H and O–H groups in total. The summed E-state index contributed by atoms with van der Waals surface area (Å²) in [6.45, 7) is 2.40. The molecule has 0 aliphatic carbocycles. The van der Waals surface area contributed by atoms with Gasteiger partial charge in [-0.1, -0.05) is 0 Å². The molecule has 10 heteroatoms. The zero-order chi connectivity index (χ0) is 19.9. The van der Waals surface area contributed by atoms with Crippen LogP contribution in [0.3, 0.4) is 0 Å². The van der Waals surface area contributed by atoms with Crippen LogP contribution in [-0.2, 0) is 14.8 Å². The number of likely N-dealkylation sites (tertiary alicyclic amines) is 1. The number of halogens is 1. The van der Waals surface area contributed by atoms with Crippen LogP contribution in [0.15, 0.2) is 23.1 Å². The minimum atomic E-state index is -3.73. The van der Waals surface area contributed by atoms with E-state index in [1.54, 1.807) is 0 Å². The molecule has 0 bridgehead atoms. The minimum Gasteiger partial charge on any atom is -0.493 e. The summed E-state index contributed by atoms with van der Waals surface area (Å²) in [5.41, 5.74) is 0. The number of ether oxygens (including phenoxy) is 2. The molecule has 0 saturated carbocycles. The summed E-state index contributed by atoms with van der Waals surface area (Å²) in [6, 6.07) is 4.38. The molecule has 0 radical (unpaired) electrons. The van der Waals surface area contributed by atoms with Gasteiger partial charge in [-0.3, -0.25) is 4.79 Å². The number of hydrogen-bond acceptors (Lipinski definition) is 6. The van der Waals surface area contributed by atoms with Crippen LogP contribution in [-0.4, -0.2) is 66.7 Å². The first-order valence-corrected chi connectivity index (χ1v) is 10.5. The Morgan fingerprint density at radius 1 is 1.25 bits per heavy atom. The van der Waals surface area contributed by atoms with Crippen molar-refractivity contribution in [3.05, 3.63) is 18.2 Å². The number of carbonyl (C=O) groups is 1. The van der Waals surface area contributed by atoms with E-state index in [4.69, 9.17) is 9.47 Å². The summed E-state index contributed by atoms with van der Waals surface area (Å²) >= 11 is 0. The molecule has 8 nitrogen and oxygen atoms in total. The van der Waals surface area contributed by atoms with Gasteiger partial charge in [0.2, 0.25) is 15.9 Å². The molecular formula is C18H30ClN3O5S. The molecule has 1 saturated heterocycles. The summed E-state index contributed by atoms with van der Waals surface area (Å²) in [7, 11) is 1.11. The van der Waals surface area contributed by atoms with E-state index >= 15 is 0 Å². The largest absolute Gasteiger partial charge is 0.493 e. The number of carbonyl (C=O) groups excluding carboxylic acids is 1. The highest BCUT2D eigenvalue weighted by molar-refractivity contribution is 7.89. The summed E-state index contributed by atoms with van der Waals surface area (Å²) in [4.78, 5) is 14.3. The SMILES string of the molecule is CNCC1CCCN(C(=O)CCNS(=O)(=O)c2ccc(OC)c(OC)c2)C1.Cl. The predicted octanol–water partition coefficient (Wildman–Crippen LogP) is 1.25. The molecule has 1 aromatic carbocycles. The van der Waals surface area contributed by atoms with E-state index in [9.17, 15) is 13.2 Å². The number of methoxy groups -OCH3 is 2. The van der Waals surface area contributed by atoms with Gasteiger partial charge in [-0.15, -0.1) is 12.4 Å². The summed E-state index contributed by atoms with van der Waals surface area (Å²) < 4.78 is 37.7. The van der Waals surface area contributed by atoms with Gasteiger partial charge < -0.3 is 19.7 Å². The zero-order valence-corrected chi connectivity index (χ0v) is 18.2. The Hall–Kier alpha value is -1.55. The second-order valence-corrected chi connectivity index (χ2v) is 8.34. The maximum atomic E-state index is 12.5. The van der Waals surface area contributed by atoms with Crippen molar-refractivity contribution in [3.63, 3.8) is 0 Å². The second-order valence-electron chi connectivity index (χ2n) is 6.57. The minimum absolute atomic E-state index is 0. The fourth-order valence-electron chi connectivity index (χ4n) is 3.26. The molecule has 1 aromatic rings. The third-order valence-corrected chi connectivity index (χ3v) is 6.12. The van der Waals surface area contributed by atoms with Crippen LogP contribution in [0.5, 0.6) is 11.5 Å². The van der Waals surface area contributed by atoms with Gasteiger partial charge in [0.15, 0.2) is 11.5 Å². The lowest BCUT2D eigenvalue weighted by atomic mass is 9.98. The highest BCUT2D eigenvalue weighted by Crippen LogP contribution is 2.29. The first kappa shape index (κ1) is 24.5. The van der Waals surface area contributed by atoms with Crippen LogP contribution in [0.4, 0.5) is 0 Å². The summed E-state index contributed by atoms with van der Waals surface area (Å²) in [6.07, 6.45) is 2.23. The van der Waals surface area contributed by atoms with E-state index < -0.39 is 10.0 Å². The van der Waals surface area contributed by atoms with E-state index in [1.807, 2.05) is 11.9 Å². The smallest absolute Gasteiger partial charge is 0.240 e. The average Bonchev–Trinajstić information content (AvgIpc) is 2.67. The van der Waals surface area contributed by atoms with Gasteiger partial charge in [-0.2, -0.15) is 0 Å². The third kappa shape index (κ3) is 6.51. The van der Waals surface area contributed by atoms with Gasteiger partial charge in [-0.25, -0.2) is 13.1 Å². The highest BCUT2D eigenvalue weighted by atomic mass is 35.5. The number of hydrogen-bond donors (Lipinski definition) is 2. The van der Waals surface area contributed by atoms with Gasteiger partial charge in [-0.05, 0) is 44.5 Å². The van der Waals surface area contributed by atoms with Crippen LogP contribution in [0.2, 0.25) is 0 Å². The number of rotatable bonds is 9. The molecule has 1 atom stereocenters. The Kier molecular flexibility index (Phi) is 10.0. The van der Waals surface area contributed by atoms with Crippen molar-refractivity contribution in [2.24, 2.45) is 5.92 Å². The molecule has 0 spiro atoms. The second kappa shape index (κ2) is 11.5. The van der Waals surface area contributed by atoms with E-state index in [-0.39, 0.29) is 36.2 Å². The lowest BCUT2D eigenvalue weighted by molar-refractivity contribution is -0.132. The number of nitrogens with zero attached hydrogens (tertiary/aromatic N) is 1. The third-order valence-electron chi connectivity index (χ3n) is 4.66. The lowest BCUT2D eigenvalue weighted by Gasteiger charge is -2.32. The van der Waals surface area contributed by atoms with Crippen molar-refractivity contribution < 1.29 is 22.7 Å². The number of benzene rings is 1. The van der Waals surface area contributed by atoms with Crippen LogP contribution in [0, 0.1) is 5.92 Å². The van der Waals surface area contributed by atoms with E-state index in [1.165, 1.54) is 32.4 Å². The Morgan fingerprint density at radius 3 is 2.61 bits per heavy atom. The molecule has 1 fully saturated rings. The predicted molar refractivity (Wildman–Crippen MR) is 110 cm³/mol. The fourth-order valence-corrected chi connectivity index (χ4v) is 4.31. The standard InChI is InChI=1S/C18H29N3O5S.ClH/c1-19-12-14-5-4-10-21(13-14)18(22)8-9-20-27(23,24)15-6-7-16(25-2)17(11-15)26-3;/h6-7,11,14,19-20H,4-5,8-10,12-13H2,1-3H3;1H. The molecule has 1 aliphatic rings. The van der Waals surface area contributed by atoms with Crippen molar-refractivity contribution in [2.45, 2.75) is 24.2 Å². The average molecular weight is 436 g/mol. The summed E-state index contributed by atoms with van der Waals surface area (Å²) in [5, 5.41) is 3.15. The number of amides is 1. The van der Waals surface area contributed by atoms with Gasteiger partial charge >= 0.3 is 0 Å². The van der Waals surface area contributed by atoms with Crippen molar-refractivity contribution in [1.82, 2.24) is 14.9 Å². The Bertz CT molecular complexity index is 743. The van der Waals surface area contributed by atoms with Crippen LogP contribution < -0.4 is 19.5 Å². The molecule has 28 heavy (non-hydrogen) atoms. The normalized spacial score (nSPS) is 17.0. The Morgan fingerprint density at radius 2 is 1.96 bits per heavy atom. The van der Waals surface area contributed by atoms with Crippen molar-refractivity contribution in [1.29, 1.82) is 0 Å². The van der Waals surface area contributed by atoms with Crippen LogP contribution >= 0.6 is 12.4 Å². The first-order chi connectivity index (χ1) is 12.9. The number of sulfonamides is 1. The van der Waals surface area contributed by atoms with Gasteiger partial charge in [0.25, 0.3) is 0 Å². The molecule has 0 aromatic heterocycles. The maximum absolute atomic E-state index is 12.5. The lowest BCUT2D eigenvalue weighted by Crippen LogP contribution is -2.43. The summed E-state index contributed by atoms with van der Waals surface area (Å²) in [5.74, 6) is 1.22. The van der Waals surface area contributed by atoms with E-state index in [0.29, 0.717) is 17.4 Å². The molecule has 1 aliphatic heterocycles. The Balaban J connectivity index is 0.00000392. The number of piperidine rings is 1. The molecule has 1 heterocycles. The molecular weight excluding hydrogens is 406 g/mol. The van der Waals surface area contributed by atoms with Gasteiger partial charge in [0, 0.05) is 32.1 Å². The van der Waals surface area contributed by atoms with Crippen molar-refractivity contribution in [2.75, 3.05) is 47.4 Å².